The third-order valence-corrected chi connectivity index (χ3v) is 2.98. The smallest absolute Gasteiger partial charge is 0.338 e. The van der Waals surface area contributed by atoms with Crippen LogP contribution in [0.4, 0.5) is 9.18 Å². The molecule has 1 aromatic rings. The van der Waals surface area contributed by atoms with Crippen molar-refractivity contribution in [2.45, 2.75) is 20.3 Å². The van der Waals surface area contributed by atoms with E-state index in [9.17, 15) is 18.8 Å². The molecule has 0 aliphatic heterocycles. The summed E-state index contributed by atoms with van der Waals surface area (Å²) in [6.45, 7) is 3.80. The van der Waals surface area contributed by atoms with Crippen molar-refractivity contribution in [3.05, 3.63) is 29.6 Å². The summed E-state index contributed by atoms with van der Waals surface area (Å²) in [6.07, 6.45) is 0.777. The first-order valence-corrected chi connectivity index (χ1v) is 7.41. The number of carbonyl (C=O) groups is 3. The summed E-state index contributed by atoms with van der Waals surface area (Å²) < 4.78 is 22.9. The first-order chi connectivity index (χ1) is 11.3. The number of methoxy groups -OCH3 is 1. The van der Waals surface area contributed by atoms with E-state index in [1.165, 1.54) is 19.2 Å². The molecule has 0 radical (unpaired) electrons. The first-order valence-electron chi connectivity index (χ1n) is 7.41. The molecule has 8 heteroatoms. The van der Waals surface area contributed by atoms with Crippen molar-refractivity contribution in [3.63, 3.8) is 0 Å². The van der Waals surface area contributed by atoms with Gasteiger partial charge in [-0.1, -0.05) is 13.8 Å². The van der Waals surface area contributed by atoms with E-state index in [4.69, 9.17) is 9.47 Å². The molecule has 0 fully saturated rings. The lowest BCUT2D eigenvalue weighted by molar-refractivity contribution is -0.123. The fraction of sp³-hybridized carbons (Fsp3) is 0.438. The van der Waals surface area contributed by atoms with Crippen LogP contribution < -0.4 is 15.4 Å². The van der Waals surface area contributed by atoms with Crippen LogP contribution in [-0.2, 0) is 9.53 Å². The van der Waals surface area contributed by atoms with E-state index in [-0.39, 0.29) is 11.3 Å². The Hall–Kier alpha value is -2.64. The zero-order valence-corrected chi connectivity index (χ0v) is 13.8. The Morgan fingerprint density at radius 3 is 2.54 bits per heavy atom. The minimum absolute atomic E-state index is 0.0117. The van der Waals surface area contributed by atoms with Gasteiger partial charge >= 0.3 is 12.0 Å². The molecule has 0 saturated heterocycles. The van der Waals surface area contributed by atoms with E-state index in [1.807, 2.05) is 19.2 Å². The summed E-state index contributed by atoms with van der Waals surface area (Å²) in [5.41, 5.74) is -0.0671. The molecule has 132 valence electrons. The van der Waals surface area contributed by atoms with E-state index in [1.54, 1.807) is 0 Å². The molecular formula is C16H21FN2O5. The van der Waals surface area contributed by atoms with Crippen LogP contribution in [0, 0.1) is 11.7 Å². The molecule has 0 unspecified atom stereocenters. The third kappa shape index (κ3) is 6.64. The molecule has 1 rings (SSSR count). The number of esters is 1. The number of benzene rings is 1. The van der Waals surface area contributed by atoms with Gasteiger partial charge < -0.3 is 14.8 Å². The molecule has 24 heavy (non-hydrogen) atoms. The lowest BCUT2D eigenvalue weighted by Crippen LogP contribution is -2.41. The first kappa shape index (κ1) is 19.4. The summed E-state index contributed by atoms with van der Waals surface area (Å²) in [4.78, 5) is 34.7. The highest BCUT2D eigenvalue weighted by Gasteiger charge is 2.14. The second-order valence-corrected chi connectivity index (χ2v) is 5.41. The highest BCUT2D eigenvalue weighted by Crippen LogP contribution is 2.18. The van der Waals surface area contributed by atoms with Crippen molar-refractivity contribution in [1.29, 1.82) is 0 Å². The van der Waals surface area contributed by atoms with Crippen LogP contribution in [0.1, 0.15) is 30.6 Å². The van der Waals surface area contributed by atoms with Crippen molar-refractivity contribution in [2.75, 3.05) is 20.3 Å². The van der Waals surface area contributed by atoms with Crippen LogP contribution in [0.25, 0.3) is 0 Å². The predicted octanol–water partition coefficient (Wildman–Crippen LogP) is 1.86. The summed E-state index contributed by atoms with van der Waals surface area (Å²) >= 11 is 0. The molecular weight excluding hydrogens is 319 g/mol. The summed E-state index contributed by atoms with van der Waals surface area (Å²) in [7, 11) is 1.30. The predicted molar refractivity (Wildman–Crippen MR) is 84.2 cm³/mol. The van der Waals surface area contributed by atoms with Crippen LogP contribution in [0.5, 0.6) is 5.75 Å². The maximum Gasteiger partial charge on any atom is 0.338 e. The van der Waals surface area contributed by atoms with Crippen LogP contribution in [0.15, 0.2) is 18.2 Å². The van der Waals surface area contributed by atoms with Gasteiger partial charge in [0.1, 0.15) is 0 Å². The van der Waals surface area contributed by atoms with Crippen LogP contribution >= 0.6 is 0 Å². The third-order valence-electron chi connectivity index (χ3n) is 2.98. The standard InChI is InChI=1S/C16H21FN2O5/c1-10(2)6-7-18-16(22)19-14(20)9-24-15(21)11-4-5-13(23-3)12(17)8-11/h4-5,8,10H,6-7,9H2,1-3H3,(H2,18,19,20,22). The number of nitrogens with one attached hydrogen (secondary N) is 2. The number of ether oxygens (including phenoxy) is 2. The van der Waals surface area contributed by atoms with Gasteiger partial charge in [-0.25, -0.2) is 14.0 Å². The molecule has 0 atom stereocenters. The normalized spacial score (nSPS) is 10.2. The summed E-state index contributed by atoms with van der Waals surface area (Å²) in [5.74, 6) is -1.97. The van der Waals surface area contributed by atoms with Gasteiger partial charge in [-0.15, -0.1) is 0 Å². The summed E-state index contributed by atoms with van der Waals surface area (Å²) in [5, 5.41) is 4.54. The molecule has 0 spiro atoms. The quantitative estimate of drug-likeness (QED) is 0.739. The van der Waals surface area contributed by atoms with Gasteiger partial charge in [-0.2, -0.15) is 0 Å². The zero-order chi connectivity index (χ0) is 18.1. The maximum absolute atomic E-state index is 13.5. The highest BCUT2D eigenvalue weighted by molar-refractivity contribution is 5.97. The Bertz CT molecular complexity index is 604. The molecule has 0 aliphatic rings. The molecule has 3 amide bonds. The van der Waals surface area contributed by atoms with Crippen LogP contribution in [0.3, 0.4) is 0 Å². The molecule has 0 saturated carbocycles. The van der Waals surface area contributed by atoms with Gasteiger partial charge in [0.25, 0.3) is 5.91 Å². The van der Waals surface area contributed by atoms with E-state index in [0.29, 0.717) is 12.5 Å². The van der Waals surface area contributed by atoms with Crippen molar-refractivity contribution in [2.24, 2.45) is 5.92 Å². The van der Waals surface area contributed by atoms with Crippen molar-refractivity contribution in [3.8, 4) is 5.75 Å². The minimum Gasteiger partial charge on any atom is -0.494 e. The Balaban J connectivity index is 2.39. The van der Waals surface area contributed by atoms with Crippen molar-refractivity contribution >= 4 is 17.9 Å². The van der Waals surface area contributed by atoms with E-state index < -0.39 is 30.3 Å². The SMILES string of the molecule is COc1ccc(C(=O)OCC(=O)NC(=O)NCCC(C)C)cc1F. The van der Waals surface area contributed by atoms with Gasteiger partial charge in [0.15, 0.2) is 18.2 Å². The van der Waals surface area contributed by atoms with Crippen LogP contribution in [0.2, 0.25) is 0 Å². The Morgan fingerprint density at radius 1 is 1.25 bits per heavy atom. The lowest BCUT2D eigenvalue weighted by Gasteiger charge is -2.09. The Labute approximate surface area is 139 Å². The highest BCUT2D eigenvalue weighted by atomic mass is 19.1. The van der Waals surface area contributed by atoms with Crippen molar-refractivity contribution < 1.29 is 28.2 Å². The van der Waals surface area contributed by atoms with Gasteiger partial charge in [0.05, 0.1) is 12.7 Å². The number of hydrogen-bond donors (Lipinski definition) is 2. The molecule has 0 bridgehead atoms. The number of urea groups is 1. The average molecular weight is 340 g/mol. The maximum atomic E-state index is 13.5. The largest absolute Gasteiger partial charge is 0.494 e. The monoisotopic (exact) mass is 340 g/mol. The number of carbonyl (C=O) groups excluding carboxylic acids is 3. The van der Waals surface area contributed by atoms with Gasteiger partial charge in [-0.3, -0.25) is 10.1 Å². The number of imide groups is 1. The topological polar surface area (TPSA) is 93.7 Å². The van der Waals surface area contributed by atoms with E-state index in [0.717, 1.165) is 12.5 Å². The summed E-state index contributed by atoms with van der Waals surface area (Å²) in [6, 6.07) is 2.86. The fourth-order valence-electron chi connectivity index (χ4n) is 1.69. The second-order valence-electron chi connectivity index (χ2n) is 5.41. The zero-order valence-electron chi connectivity index (χ0n) is 13.8. The Morgan fingerprint density at radius 2 is 1.96 bits per heavy atom. The van der Waals surface area contributed by atoms with Gasteiger partial charge in [0, 0.05) is 6.54 Å². The lowest BCUT2D eigenvalue weighted by atomic mass is 10.1. The number of halogens is 1. The number of rotatable bonds is 7. The average Bonchev–Trinajstić information content (AvgIpc) is 2.52. The fourth-order valence-corrected chi connectivity index (χ4v) is 1.69. The minimum atomic E-state index is -0.882. The molecule has 0 heterocycles. The number of hydrogen-bond acceptors (Lipinski definition) is 5. The Kier molecular flexibility index (Phi) is 7.67. The molecule has 2 N–H and O–H groups in total. The van der Waals surface area contributed by atoms with Gasteiger partial charge in [-0.05, 0) is 30.5 Å². The second kappa shape index (κ2) is 9.49. The molecule has 1 aromatic carbocycles. The molecule has 0 aromatic heterocycles. The molecule has 7 nitrogen and oxygen atoms in total. The number of amides is 3. The van der Waals surface area contributed by atoms with E-state index >= 15 is 0 Å². The van der Waals surface area contributed by atoms with Crippen molar-refractivity contribution in [1.82, 2.24) is 10.6 Å². The molecule has 0 aliphatic carbocycles. The van der Waals surface area contributed by atoms with Gasteiger partial charge in [0.2, 0.25) is 0 Å². The van der Waals surface area contributed by atoms with E-state index in [2.05, 4.69) is 5.32 Å². The van der Waals surface area contributed by atoms with Crippen LogP contribution in [-0.4, -0.2) is 38.2 Å².